The molecule has 0 aromatic carbocycles. The quantitative estimate of drug-likeness (QED) is 0.720. The Bertz CT molecular complexity index is 526. The van der Waals surface area contributed by atoms with Gasteiger partial charge in [-0.25, -0.2) is 0 Å². The van der Waals surface area contributed by atoms with E-state index in [0.29, 0.717) is 17.3 Å². The predicted octanol–water partition coefficient (Wildman–Crippen LogP) is 4.70. The molecule has 4 aliphatic rings. The summed E-state index contributed by atoms with van der Waals surface area (Å²) in [5, 5.41) is 20.9. The predicted molar refractivity (Wildman–Crippen MR) is 97.5 cm³/mol. The Balaban J connectivity index is 1.75. The highest BCUT2D eigenvalue weighted by atomic mass is 16.3. The summed E-state index contributed by atoms with van der Waals surface area (Å²) < 4.78 is 0. The second kappa shape index (κ2) is 5.84. The molecule has 0 radical (unpaired) electrons. The van der Waals surface area contributed by atoms with Crippen LogP contribution in [0.5, 0.6) is 0 Å². The molecule has 2 heteroatoms. The van der Waals surface area contributed by atoms with E-state index >= 15 is 0 Å². The third kappa shape index (κ3) is 2.28. The van der Waals surface area contributed by atoms with Crippen molar-refractivity contribution in [2.24, 2.45) is 34.5 Å². The second-order valence-electron chi connectivity index (χ2n) is 9.89. The SMILES string of the molecule is CCCC1C=C2CC(O)CC[C@]2(C)[C@@H]2CC[C@]3(C)C(O)CC[C@H]3[C@H]12. The van der Waals surface area contributed by atoms with Crippen LogP contribution in [-0.2, 0) is 0 Å². The minimum atomic E-state index is -0.120. The molecule has 2 N–H and O–H groups in total. The summed E-state index contributed by atoms with van der Waals surface area (Å²) >= 11 is 0. The van der Waals surface area contributed by atoms with Crippen molar-refractivity contribution < 1.29 is 10.2 Å². The molecule has 0 saturated heterocycles. The maximum atomic E-state index is 10.7. The van der Waals surface area contributed by atoms with Crippen molar-refractivity contribution in [1.29, 1.82) is 0 Å². The fourth-order valence-electron chi connectivity index (χ4n) is 7.38. The average Bonchev–Trinajstić information content (AvgIpc) is 2.85. The third-order valence-corrected chi connectivity index (χ3v) is 8.82. The molecule has 24 heavy (non-hydrogen) atoms. The number of rotatable bonds is 2. The van der Waals surface area contributed by atoms with Crippen LogP contribution in [0.3, 0.4) is 0 Å². The second-order valence-corrected chi connectivity index (χ2v) is 9.89. The first-order chi connectivity index (χ1) is 11.4. The maximum Gasteiger partial charge on any atom is 0.0596 e. The normalized spacial score (nSPS) is 53.8. The van der Waals surface area contributed by atoms with Gasteiger partial charge in [0.1, 0.15) is 0 Å². The molecule has 2 nitrogen and oxygen atoms in total. The number of hydrogen-bond donors (Lipinski definition) is 2. The maximum absolute atomic E-state index is 10.7. The topological polar surface area (TPSA) is 40.5 Å². The number of aliphatic hydroxyl groups excluding tert-OH is 2. The fourth-order valence-corrected chi connectivity index (χ4v) is 7.38. The molecular weight excluding hydrogens is 296 g/mol. The van der Waals surface area contributed by atoms with E-state index in [0.717, 1.165) is 37.5 Å². The highest BCUT2D eigenvalue weighted by Crippen LogP contribution is 2.66. The van der Waals surface area contributed by atoms with Gasteiger partial charge in [0.15, 0.2) is 0 Å². The molecule has 4 aliphatic carbocycles. The van der Waals surface area contributed by atoms with Crippen LogP contribution in [0.1, 0.15) is 78.6 Å². The minimum Gasteiger partial charge on any atom is -0.393 e. The molecule has 0 aliphatic heterocycles. The highest BCUT2D eigenvalue weighted by Gasteiger charge is 2.60. The van der Waals surface area contributed by atoms with Crippen LogP contribution in [0.15, 0.2) is 11.6 Å². The van der Waals surface area contributed by atoms with Gasteiger partial charge in [0.05, 0.1) is 12.2 Å². The molecule has 136 valence electrons. The lowest BCUT2D eigenvalue weighted by Crippen LogP contribution is -2.53. The van der Waals surface area contributed by atoms with Gasteiger partial charge in [0.2, 0.25) is 0 Å². The fraction of sp³-hybridized carbons (Fsp3) is 0.909. The van der Waals surface area contributed by atoms with Crippen molar-refractivity contribution in [3.05, 3.63) is 11.6 Å². The van der Waals surface area contributed by atoms with E-state index in [9.17, 15) is 10.2 Å². The summed E-state index contributed by atoms with van der Waals surface area (Å²) in [5.41, 5.74) is 2.04. The third-order valence-electron chi connectivity index (χ3n) is 8.82. The molecule has 4 rings (SSSR count). The number of aliphatic hydroxyl groups is 2. The van der Waals surface area contributed by atoms with Crippen molar-refractivity contribution in [2.45, 2.75) is 90.8 Å². The first-order valence-corrected chi connectivity index (χ1v) is 10.5. The van der Waals surface area contributed by atoms with Crippen LogP contribution < -0.4 is 0 Å². The van der Waals surface area contributed by atoms with Crippen molar-refractivity contribution in [1.82, 2.24) is 0 Å². The number of fused-ring (bicyclic) bond motifs is 5. The molecule has 0 heterocycles. The first-order valence-electron chi connectivity index (χ1n) is 10.5. The molecule has 0 bridgehead atoms. The summed E-state index contributed by atoms with van der Waals surface area (Å²) in [6.45, 7) is 7.18. The molecule has 3 unspecified atom stereocenters. The lowest BCUT2D eigenvalue weighted by Gasteiger charge is -2.59. The van der Waals surface area contributed by atoms with Crippen molar-refractivity contribution >= 4 is 0 Å². The van der Waals surface area contributed by atoms with Crippen LogP contribution in [-0.4, -0.2) is 22.4 Å². The van der Waals surface area contributed by atoms with Gasteiger partial charge in [0, 0.05) is 0 Å². The molecule has 3 saturated carbocycles. The van der Waals surface area contributed by atoms with Crippen LogP contribution >= 0.6 is 0 Å². The Morgan fingerprint density at radius 3 is 2.58 bits per heavy atom. The number of hydrogen-bond acceptors (Lipinski definition) is 2. The lowest BCUT2D eigenvalue weighted by molar-refractivity contribution is -0.0881. The van der Waals surface area contributed by atoms with E-state index in [1.54, 1.807) is 5.57 Å². The Morgan fingerprint density at radius 1 is 1.04 bits per heavy atom. The Hall–Kier alpha value is -0.340. The number of allylic oxidation sites excluding steroid dienone is 1. The van der Waals surface area contributed by atoms with E-state index in [2.05, 4.69) is 26.8 Å². The van der Waals surface area contributed by atoms with Crippen LogP contribution in [0.4, 0.5) is 0 Å². The zero-order valence-corrected chi connectivity index (χ0v) is 15.8. The Kier molecular flexibility index (Phi) is 4.16. The van der Waals surface area contributed by atoms with Crippen molar-refractivity contribution in [3.63, 3.8) is 0 Å². The molecule has 0 amide bonds. The van der Waals surface area contributed by atoms with Crippen LogP contribution in [0.25, 0.3) is 0 Å². The molecule has 3 fully saturated rings. The van der Waals surface area contributed by atoms with Gasteiger partial charge in [-0.15, -0.1) is 0 Å². The first kappa shape index (κ1) is 17.1. The summed E-state index contributed by atoms with van der Waals surface area (Å²) in [7, 11) is 0. The van der Waals surface area contributed by atoms with E-state index in [4.69, 9.17) is 0 Å². The van der Waals surface area contributed by atoms with Gasteiger partial charge < -0.3 is 10.2 Å². The van der Waals surface area contributed by atoms with Gasteiger partial charge in [0.25, 0.3) is 0 Å². The molecule has 8 atom stereocenters. The summed E-state index contributed by atoms with van der Waals surface area (Å²) in [6, 6.07) is 0. The monoisotopic (exact) mass is 332 g/mol. The smallest absolute Gasteiger partial charge is 0.0596 e. The Morgan fingerprint density at radius 2 is 1.83 bits per heavy atom. The van der Waals surface area contributed by atoms with Gasteiger partial charge in [-0.05, 0) is 85.9 Å². The van der Waals surface area contributed by atoms with Crippen molar-refractivity contribution in [2.75, 3.05) is 0 Å². The molecule has 0 aromatic heterocycles. The van der Waals surface area contributed by atoms with E-state index < -0.39 is 0 Å². The van der Waals surface area contributed by atoms with Gasteiger partial charge in [-0.3, -0.25) is 0 Å². The van der Waals surface area contributed by atoms with Crippen LogP contribution in [0.2, 0.25) is 0 Å². The lowest BCUT2D eigenvalue weighted by atomic mass is 9.45. The average molecular weight is 333 g/mol. The molecule has 0 aromatic rings. The zero-order chi connectivity index (χ0) is 17.1. The Labute approximate surface area is 147 Å². The van der Waals surface area contributed by atoms with Crippen LogP contribution in [0, 0.1) is 34.5 Å². The van der Waals surface area contributed by atoms with E-state index in [-0.39, 0.29) is 17.6 Å². The molecular formula is C22H36O2. The van der Waals surface area contributed by atoms with Gasteiger partial charge >= 0.3 is 0 Å². The highest BCUT2D eigenvalue weighted by molar-refractivity contribution is 5.27. The molecule has 0 spiro atoms. The van der Waals surface area contributed by atoms with Crippen molar-refractivity contribution in [3.8, 4) is 0 Å². The van der Waals surface area contributed by atoms with E-state index in [1.807, 2.05) is 0 Å². The summed E-state index contributed by atoms with van der Waals surface area (Å²) in [5.74, 6) is 2.89. The van der Waals surface area contributed by atoms with Gasteiger partial charge in [-0.2, -0.15) is 0 Å². The standard InChI is InChI=1S/C22H36O2/c1-4-5-14-12-15-13-16(23)8-10-21(15,2)18-9-11-22(3)17(20(14)18)6-7-19(22)24/h12,14,16-20,23-24H,4-11,13H2,1-3H3/t14?,16?,17-,18+,19?,20-,21-,22-/m0/s1. The minimum absolute atomic E-state index is 0.0860. The summed E-state index contributed by atoms with van der Waals surface area (Å²) in [6.07, 6.45) is 12.7. The largest absolute Gasteiger partial charge is 0.393 e. The van der Waals surface area contributed by atoms with Gasteiger partial charge in [-0.1, -0.05) is 38.8 Å². The van der Waals surface area contributed by atoms with E-state index in [1.165, 1.54) is 32.1 Å². The zero-order valence-electron chi connectivity index (χ0n) is 15.8. The summed E-state index contributed by atoms with van der Waals surface area (Å²) in [4.78, 5) is 0.